The number of ether oxygens (including phenoxy) is 1. The maximum absolute atomic E-state index is 5.11. The number of nitrogens with zero attached hydrogens (tertiary/aromatic N) is 3. The smallest absolute Gasteiger partial charge is 0.126 e. The Morgan fingerprint density at radius 2 is 2.42 bits per heavy atom. The summed E-state index contributed by atoms with van der Waals surface area (Å²) < 4.78 is 7.05. The van der Waals surface area contributed by atoms with Crippen molar-refractivity contribution in [1.29, 1.82) is 0 Å². The Bertz CT molecular complexity index is 288. The first-order valence-corrected chi connectivity index (χ1v) is 4.43. The quantitative estimate of drug-likeness (QED) is 0.621. The van der Waals surface area contributed by atoms with E-state index in [1.54, 1.807) is 0 Å². The van der Waals surface area contributed by atoms with E-state index >= 15 is 0 Å². The minimum atomic E-state index is 0.248. The fourth-order valence-corrected chi connectivity index (χ4v) is 1.33. The predicted octanol–water partition coefficient (Wildman–Crippen LogP) is 0.759. The molecule has 2 fully saturated rings. The molecule has 64 valence electrons. The van der Waals surface area contributed by atoms with Crippen LogP contribution in [0.5, 0.6) is 0 Å². The van der Waals surface area contributed by atoms with E-state index in [9.17, 15) is 0 Å². The first kappa shape index (κ1) is 6.60. The Morgan fingerprint density at radius 3 is 3.08 bits per heavy atom. The van der Waals surface area contributed by atoms with Gasteiger partial charge in [0.2, 0.25) is 0 Å². The van der Waals surface area contributed by atoms with E-state index in [0.29, 0.717) is 0 Å². The van der Waals surface area contributed by atoms with Gasteiger partial charge in [0.25, 0.3) is 0 Å². The fourth-order valence-electron chi connectivity index (χ4n) is 1.33. The molecule has 2 aliphatic rings. The van der Waals surface area contributed by atoms with Crippen molar-refractivity contribution in [3.8, 4) is 0 Å². The molecule has 1 aliphatic heterocycles. The Kier molecular flexibility index (Phi) is 1.26. The Labute approximate surface area is 70.5 Å². The van der Waals surface area contributed by atoms with Gasteiger partial charge >= 0.3 is 0 Å². The minimum Gasteiger partial charge on any atom is -0.366 e. The summed E-state index contributed by atoms with van der Waals surface area (Å²) in [7, 11) is 0. The maximum atomic E-state index is 5.11. The van der Waals surface area contributed by atoms with Crippen LogP contribution < -0.4 is 0 Å². The number of rotatable bonds is 3. The van der Waals surface area contributed by atoms with Gasteiger partial charge in [0.1, 0.15) is 11.8 Å². The Morgan fingerprint density at radius 1 is 1.58 bits per heavy atom. The highest BCUT2D eigenvalue weighted by Crippen LogP contribution is 2.31. The number of epoxide rings is 1. The molecule has 3 rings (SSSR count). The summed E-state index contributed by atoms with van der Waals surface area (Å²) in [4.78, 5) is 0. The van der Waals surface area contributed by atoms with Crippen LogP contribution >= 0.6 is 0 Å². The molecule has 4 heteroatoms. The minimum absolute atomic E-state index is 0.248. The van der Waals surface area contributed by atoms with Crippen molar-refractivity contribution in [1.82, 2.24) is 15.0 Å². The van der Waals surface area contributed by atoms with Crippen LogP contribution in [0.25, 0.3) is 0 Å². The molecule has 1 aromatic rings. The van der Waals surface area contributed by atoms with Crippen molar-refractivity contribution in [2.24, 2.45) is 5.92 Å². The molecule has 1 saturated heterocycles. The van der Waals surface area contributed by atoms with E-state index in [1.807, 2.05) is 10.9 Å². The van der Waals surface area contributed by atoms with Gasteiger partial charge < -0.3 is 4.74 Å². The van der Waals surface area contributed by atoms with Gasteiger partial charge in [-0.1, -0.05) is 5.21 Å². The maximum Gasteiger partial charge on any atom is 0.126 e. The second-order valence-corrected chi connectivity index (χ2v) is 3.63. The van der Waals surface area contributed by atoms with E-state index in [-0.39, 0.29) is 6.10 Å². The van der Waals surface area contributed by atoms with Gasteiger partial charge in [-0.05, 0) is 18.8 Å². The number of hydrogen-bond donors (Lipinski definition) is 0. The molecule has 2 heterocycles. The van der Waals surface area contributed by atoms with Gasteiger partial charge in [-0.2, -0.15) is 0 Å². The zero-order valence-corrected chi connectivity index (χ0v) is 6.81. The van der Waals surface area contributed by atoms with Crippen molar-refractivity contribution in [3.05, 3.63) is 11.9 Å². The molecular weight excluding hydrogens is 154 g/mol. The molecule has 1 saturated carbocycles. The monoisotopic (exact) mass is 165 g/mol. The molecule has 0 N–H and O–H groups in total. The zero-order chi connectivity index (χ0) is 7.97. The van der Waals surface area contributed by atoms with Gasteiger partial charge in [-0.15, -0.1) is 5.10 Å². The summed E-state index contributed by atoms with van der Waals surface area (Å²) in [6.45, 7) is 1.86. The molecule has 1 atom stereocenters. The third-order valence-corrected chi connectivity index (χ3v) is 2.36. The molecule has 0 spiro atoms. The summed E-state index contributed by atoms with van der Waals surface area (Å²) >= 11 is 0. The number of hydrogen-bond acceptors (Lipinski definition) is 3. The number of aromatic nitrogens is 3. The van der Waals surface area contributed by atoms with Crippen LogP contribution in [0.1, 0.15) is 24.6 Å². The largest absolute Gasteiger partial charge is 0.366 e. The summed E-state index contributed by atoms with van der Waals surface area (Å²) in [6, 6.07) is 0. The van der Waals surface area contributed by atoms with E-state index in [1.165, 1.54) is 12.8 Å². The molecule has 1 aliphatic carbocycles. The third kappa shape index (κ3) is 1.22. The van der Waals surface area contributed by atoms with E-state index in [0.717, 1.165) is 24.8 Å². The predicted molar refractivity (Wildman–Crippen MR) is 41.4 cm³/mol. The van der Waals surface area contributed by atoms with E-state index in [4.69, 9.17) is 4.74 Å². The highest BCUT2D eigenvalue weighted by Gasteiger charge is 2.29. The van der Waals surface area contributed by atoms with Crippen molar-refractivity contribution in [3.63, 3.8) is 0 Å². The summed E-state index contributed by atoms with van der Waals surface area (Å²) in [5.74, 6) is 0.861. The molecule has 0 radical (unpaired) electrons. The molecule has 0 unspecified atom stereocenters. The Hall–Kier alpha value is -0.900. The lowest BCUT2D eigenvalue weighted by atomic mass is 10.3. The molecule has 0 aromatic carbocycles. The van der Waals surface area contributed by atoms with Crippen LogP contribution in [0.4, 0.5) is 0 Å². The van der Waals surface area contributed by atoms with Crippen LogP contribution in [-0.2, 0) is 11.3 Å². The average molecular weight is 165 g/mol. The van der Waals surface area contributed by atoms with Crippen LogP contribution in [0.2, 0.25) is 0 Å². The van der Waals surface area contributed by atoms with E-state index < -0.39 is 0 Å². The normalized spacial score (nSPS) is 27.5. The zero-order valence-electron chi connectivity index (χ0n) is 6.81. The van der Waals surface area contributed by atoms with Gasteiger partial charge in [0, 0.05) is 6.54 Å². The molecule has 1 aromatic heterocycles. The first-order valence-electron chi connectivity index (χ1n) is 4.43. The van der Waals surface area contributed by atoms with Crippen molar-refractivity contribution >= 4 is 0 Å². The average Bonchev–Trinajstić information content (AvgIpc) is 2.92. The van der Waals surface area contributed by atoms with Crippen LogP contribution in [0.3, 0.4) is 0 Å². The lowest BCUT2D eigenvalue weighted by Crippen LogP contribution is -1.99. The van der Waals surface area contributed by atoms with E-state index in [2.05, 4.69) is 10.3 Å². The fraction of sp³-hybridized carbons (Fsp3) is 0.750. The van der Waals surface area contributed by atoms with Crippen LogP contribution in [-0.4, -0.2) is 21.6 Å². The summed E-state index contributed by atoms with van der Waals surface area (Å²) in [6.07, 6.45) is 4.97. The van der Waals surface area contributed by atoms with Gasteiger partial charge in [0.05, 0.1) is 12.8 Å². The van der Waals surface area contributed by atoms with Crippen LogP contribution in [0.15, 0.2) is 6.20 Å². The lowest BCUT2D eigenvalue weighted by molar-refractivity contribution is 0.411. The topological polar surface area (TPSA) is 43.2 Å². The molecule has 0 amide bonds. The van der Waals surface area contributed by atoms with Crippen LogP contribution in [0, 0.1) is 5.92 Å². The second kappa shape index (κ2) is 2.29. The molecule has 4 nitrogen and oxygen atoms in total. The lowest BCUT2D eigenvalue weighted by Gasteiger charge is -1.93. The second-order valence-electron chi connectivity index (χ2n) is 3.63. The first-order chi connectivity index (χ1) is 5.92. The van der Waals surface area contributed by atoms with Crippen molar-refractivity contribution in [2.45, 2.75) is 25.5 Å². The van der Waals surface area contributed by atoms with Gasteiger partial charge in [0.15, 0.2) is 0 Å². The van der Waals surface area contributed by atoms with Crippen molar-refractivity contribution < 1.29 is 4.74 Å². The Balaban J connectivity index is 1.72. The SMILES string of the molecule is c1c([C@H]2CO2)nnn1CC1CC1. The molecule has 12 heavy (non-hydrogen) atoms. The molecular formula is C8H11N3O. The van der Waals surface area contributed by atoms with Gasteiger partial charge in [-0.25, -0.2) is 0 Å². The summed E-state index contributed by atoms with van der Waals surface area (Å²) in [5.41, 5.74) is 0.996. The van der Waals surface area contributed by atoms with Gasteiger partial charge in [-0.3, -0.25) is 4.68 Å². The standard InChI is InChI=1S/C8H11N3O/c1-2-6(1)3-11-4-7(9-10-11)8-5-12-8/h4,6,8H,1-3,5H2/t8-/m1/s1. The third-order valence-electron chi connectivity index (χ3n) is 2.36. The summed E-state index contributed by atoms with van der Waals surface area (Å²) in [5, 5.41) is 8.09. The van der Waals surface area contributed by atoms with Crippen molar-refractivity contribution in [2.75, 3.05) is 6.61 Å². The molecule has 0 bridgehead atoms. The highest BCUT2D eigenvalue weighted by molar-refractivity contribution is 5.03. The highest BCUT2D eigenvalue weighted by atomic mass is 16.6.